The smallest absolute Gasteiger partial charge is 0.306 e. The van der Waals surface area contributed by atoms with Crippen molar-refractivity contribution in [1.29, 1.82) is 0 Å². The van der Waals surface area contributed by atoms with Gasteiger partial charge in [-0.1, -0.05) is 6.42 Å². The normalized spacial score (nSPS) is 28.9. The van der Waals surface area contributed by atoms with Crippen molar-refractivity contribution >= 4 is 17.8 Å². The molecule has 2 heterocycles. The van der Waals surface area contributed by atoms with E-state index in [4.69, 9.17) is 0 Å². The van der Waals surface area contributed by atoms with E-state index < -0.39 is 5.97 Å². The van der Waals surface area contributed by atoms with Gasteiger partial charge >= 0.3 is 5.97 Å². The molecule has 2 atom stereocenters. The number of carboxylic acid groups (broad SMARTS) is 1. The first kappa shape index (κ1) is 18.2. The van der Waals surface area contributed by atoms with Gasteiger partial charge in [0.05, 0.1) is 5.92 Å². The van der Waals surface area contributed by atoms with Gasteiger partial charge in [-0.05, 0) is 50.9 Å². The zero-order valence-corrected chi connectivity index (χ0v) is 15.0. The van der Waals surface area contributed by atoms with E-state index in [9.17, 15) is 19.5 Å². The second-order valence-electron chi connectivity index (χ2n) is 7.96. The predicted octanol–water partition coefficient (Wildman–Crippen LogP) is 2.13. The van der Waals surface area contributed by atoms with E-state index >= 15 is 0 Å². The van der Waals surface area contributed by atoms with Crippen LogP contribution in [0.1, 0.15) is 57.8 Å². The fourth-order valence-electron chi connectivity index (χ4n) is 4.60. The Hall–Kier alpha value is -1.59. The Bertz CT molecular complexity index is 514. The lowest BCUT2D eigenvalue weighted by molar-refractivity contribution is -0.146. The molecule has 6 nitrogen and oxygen atoms in total. The molecule has 1 N–H and O–H groups in total. The first-order valence-electron chi connectivity index (χ1n) is 9.84. The fraction of sp³-hybridized carbons (Fsp3) is 0.842. The van der Waals surface area contributed by atoms with Crippen LogP contribution in [0.25, 0.3) is 0 Å². The van der Waals surface area contributed by atoms with Gasteiger partial charge in [-0.2, -0.15) is 0 Å². The van der Waals surface area contributed by atoms with E-state index in [1.807, 2.05) is 9.80 Å². The molecule has 0 aromatic rings. The van der Waals surface area contributed by atoms with Gasteiger partial charge in [0.15, 0.2) is 0 Å². The van der Waals surface area contributed by atoms with Crippen LogP contribution in [0.5, 0.6) is 0 Å². The third kappa shape index (κ3) is 4.53. The van der Waals surface area contributed by atoms with E-state index in [1.54, 1.807) is 0 Å². The van der Waals surface area contributed by atoms with E-state index in [-0.39, 0.29) is 23.7 Å². The minimum atomic E-state index is -0.762. The van der Waals surface area contributed by atoms with Crippen molar-refractivity contribution in [2.45, 2.75) is 57.8 Å². The topological polar surface area (TPSA) is 77.9 Å². The Balaban J connectivity index is 1.46. The molecular weight excluding hydrogens is 320 g/mol. The van der Waals surface area contributed by atoms with Crippen LogP contribution in [-0.4, -0.2) is 58.9 Å². The molecule has 0 aromatic heterocycles. The highest BCUT2D eigenvalue weighted by molar-refractivity contribution is 5.80. The lowest BCUT2D eigenvalue weighted by Crippen LogP contribution is -2.46. The highest BCUT2D eigenvalue weighted by atomic mass is 16.4. The van der Waals surface area contributed by atoms with Crippen molar-refractivity contribution in [3.63, 3.8) is 0 Å². The third-order valence-corrected chi connectivity index (χ3v) is 6.20. The van der Waals surface area contributed by atoms with Gasteiger partial charge in [0.2, 0.25) is 11.8 Å². The minimum Gasteiger partial charge on any atom is -0.481 e. The van der Waals surface area contributed by atoms with Crippen molar-refractivity contribution in [1.82, 2.24) is 9.80 Å². The van der Waals surface area contributed by atoms with Crippen LogP contribution in [0.2, 0.25) is 0 Å². The molecule has 0 aromatic carbocycles. The molecule has 6 heteroatoms. The van der Waals surface area contributed by atoms with E-state index in [0.717, 1.165) is 64.7 Å². The highest BCUT2D eigenvalue weighted by Crippen LogP contribution is 2.32. The van der Waals surface area contributed by atoms with Gasteiger partial charge in [-0.3, -0.25) is 14.4 Å². The summed E-state index contributed by atoms with van der Waals surface area (Å²) in [6.45, 7) is 3.22. The van der Waals surface area contributed by atoms with Crippen molar-refractivity contribution in [2.75, 3.05) is 26.2 Å². The molecule has 1 aliphatic carbocycles. The molecule has 1 saturated carbocycles. The maximum atomic E-state index is 12.7. The zero-order valence-electron chi connectivity index (χ0n) is 15.0. The van der Waals surface area contributed by atoms with Gasteiger partial charge in [0.1, 0.15) is 0 Å². The van der Waals surface area contributed by atoms with E-state index in [0.29, 0.717) is 25.2 Å². The van der Waals surface area contributed by atoms with Gasteiger partial charge in [0.25, 0.3) is 0 Å². The molecule has 0 bridgehead atoms. The summed E-state index contributed by atoms with van der Waals surface area (Å²) in [6, 6.07) is 0. The molecule has 2 aliphatic heterocycles. The number of piperidine rings is 2. The van der Waals surface area contributed by atoms with E-state index in [2.05, 4.69) is 0 Å². The number of nitrogens with zero attached hydrogens (tertiary/aromatic N) is 2. The second kappa shape index (κ2) is 8.19. The fourth-order valence-corrected chi connectivity index (χ4v) is 4.60. The lowest BCUT2D eigenvalue weighted by atomic mass is 9.80. The zero-order chi connectivity index (χ0) is 17.8. The Morgan fingerprint density at radius 1 is 0.960 bits per heavy atom. The number of rotatable bonds is 4. The summed E-state index contributed by atoms with van der Waals surface area (Å²) in [5.41, 5.74) is 0. The summed E-state index contributed by atoms with van der Waals surface area (Å²) in [7, 11) is 0. The Kier molecular flexibility index (Phi) is 5.97. The van der Waals surface area contributed by atoms with Crippen molar-refractivity contribution in [3.8, 4) is 0 Å². The Morgan fingerprint density at radius 2 is 1.68 bits per heavy atom. The van der Waals surface area contributed by atoms with Crippen LogP contribution in [0.15, 0.2) is 0 Å². The average molecular weight is 350 g/mol. The highest BCUT2D eigenvalue weighted by Gasteiger charge is 2.35. The molecule has 140 valence electrons. The van der Waals surface area contributed by atoms with Crippen LogP contribution in [-0.2, 0) is 14.4 Å². The minimum absolute atomic E-state index is 0.116. The molecular formula is C19H30N2O4. The first-order valence-corrected chi connectivity index (χ1v) is 9.84. The van der Waals surface area contributed by atoms with Gasteiger partial charge in [-0.25, -0.2) is 0 Å². The summed E-state index contributed by atoms with van der Waals surface area (Å²) in [4.78, 5) is 39.8. The molecule has 3 aliphatic rings. The first-order chi connectivity index (χ1) is 12.0. The third-order valence-electron chi connectivity index (χ3n) is 6.20. The summed E-state index contributed by atoms with van der Waals surface area (Å²) in [5, 5.41) is 9.20. The average Bonchev–Trinajstić information content (AvgIpc) is 2.64. The van der Waals surface area contributed by atoms with Gasteiger partial charge in [-0.15, -0.1) is 0 Å². The van der Waals surface area contributed by atoms with Crippen LogP contribution in [0.4, 0.5) is 0 Å². The summed E-state index contributed by atoms with van der Waals surface area (Å²) in [5.74, 6) is -0.308. The second-order valence-corrected chi connectivity index (χ2v) is 7.96. The van der Waals surface area contributed by atoms with E-state index in [1.165, 1.54) is 0 Å². The molecule has 3 rings (SSSR count). The number of carboxylic acids is 1. The predicted molar refractivity (Wildman–Crippen MR) is 92.8 cm³/mol. The molecule has 3 fully saturated rings. The number of amides is 2. The van der Waals surface area contributed by atoms with Crippen molar-refractivity contribution < 1.29 is 19.5 Å². The SMILES string of the molecule is O=C(O)C1CCCC(C(=O)N2CCC(CN3CCCCC3=O)CC2)C1. The largest absolute Gasteiger partial charge is 0.481 e. The van der Waals surface area contributed by atoms with Crippen LogP contribution in [0.3, 0.4) is 0 Å². The monoisotopic (exact) mass is 350 g/mol. The number of carbonyl (C=O) groups excluding carboxylic acids is 2. The van der Waals surface area contributed by atoms with Crippen LogP contribution >= 0.6 is 0 Å². The van der Waals surface area contributed by atoms with Gasteiger partial charge in [0, 0.05) is 38.5 Å². The maximum absolute atomic E-state index is 12.7. The van der Waals surface area contributed by atoms with Crippen molar-refractivity contribution in [2.24, 2.45) is 17.8 Å². The lowest BCUT2D eigenvalue weighted by Gasteiger charge is -2.38. The van der Waals surface area contributed by atoms with Gasteiger partial charge < -0.3 is 14.9 Å². The Morgan fingerprint density at radius 3 is 2.36 bits per heavy atom. The number of hydrogen-bond donors (Lipinski definition) is 1. The van der Waals surface area contributed by atoms with Crippen molar-refractivity contribution in [3.05, 3.63) is 0 Å². The standard InChI is InChI=1S/C19H30N2O4/c22-17-6-1-2-9-21(17)13-14-7-10-20(11-8-14)18(23)15-4-3-5-16(12-15)19(24)25/h14-16H,1-13H2,(H,24,25). The molecule has 2 saturated heterocycles. The molecule has 25 heavy (non-hydrogen) atoms. The number of hydrogen-bond acceptors (Lipinski definition) is 3. The molecule has 0 spiro atoms. The summed E-state index contributed by atoms with van der Waals surface area (Å²) in [6.07, 6.45) is 7.56. The number of likely N-dealkylation sites (tertiary alicyclic amines) is 2. The Labute approximate surface area is 149 Å². The van der Waals surface area contributed by atoms with Crippen LogP contribution in [0, 0.1) is 17.8 Å². The molecule has 0 radical (unpaired) electrons. The molecule has 2 amide bonds. The van der Waals surface area contributed by atoms with Crippen LogP contribution < -0.4 is 0 Å². The quantitative estimate of drug-likeness (QED) is 0.842. The summed E-state index contributed by atoms with van der Waals surface area (Å²) >= 11 is 0. The maximum Gasteiger partial charge on any atom is 0.306 e. The molecule has 2 unspecified atom stereocenters. The number of carbonyl (C=O) groups is 3. The number of aliphatic carboxylic acids is 1. The summed E-state index contributed by atoms with van der Waals surface area (Å²) < 4.78 is 0.